The molecule has 1 N–H and O–H groups in total. The van der Waals surface area contributed by atoms with E-state index in [-0.39, 0.29) is 5.75 Å². The van der Waals surface area contributed by atoms with Crippen molar-refractivity contribution in [2.45, 2.75) is 26.6 Å². The normalized spacial score (nSPS) is 10.8. The highest BCUT2D eigenvalue weighted by Crippen LogP contribution is 2.19. The molecule has 1 aromatic heterocycles. The number of para-hydroxylation sites is 1. The van der Waals surface area contributed by atoms with Gasteiger partial charge in [-0.2, -0.15) is 8.78 Å². The lowest BCUT2D eigenvalue weighted by Crippen LogP contribution is -2.15. The number of benzene rings is 1. The van der Waals surface area contributed by atoms with Gasteiger partial charge in [-0.05, 0) is 25.1 Å². The highest BCUT2D eigenvalue weighted by Gasteiger charge is 2.08. The minimum Gasteiger partial charge on any atom is -0.434 e. The summed E-state index contributed by atoms with van der Waals surface area (Å²) in [5, 5.41) is 3.17. The Bertz CT molecular complexity index is 561. The van der Waals surface area contributed by atoms with Crippen LogP contribution in [0, 0.1) is 6.92 Å². The molecule has 106 valence electrons. The van der Waals surface area contributed by atoms with Crippen molar-refractivity contribution in [3.63, 3.8) is 0 Å². The number of halogens is 2. The van der Waals surface area contributed by atoms with Gasteiger partial charge in [0.05, 0.1) is 5.69 Å². The van der Waals surface area contributed by atoms with E-state index in [9.17, 15) is 8.78 Å². The number of alkyl halides is 2. The lowest BCUT2D eigenvalue weighted by molar-refractivity contribution is -0.0505. The fourth-order valence-corrected chi connectivity index (χ4v) is 1.88. The maximum Gasteiger partial charge on any atom is 0.387 e. The molecule has 0 bridgehead atoms. The van der Waals surface area contributed by atoms with Crippen LogP contribution in [0.4, 0.5) is 8.78 Å². The number of rotatable bonds is 6. The molecule has 0 spiro atoms. The minimum absolute atomic E-state index is 0.201. The maximum atomic E-state index is 12.3. The number of hydrogen-bond acceptors (Lipinski definition) is 3. The van der Waals surface area contributed by atoms with E-state index in [1.54, 1.807) is 18.2 Å². The van der Waals surface area contributed by atoms with E-state index in [0.29, 0.717) is 18.7 Å². The third kappa shape index (κ3) is 4.28. The van der Waals surface area contributed by atoms with Gasteiger partial charge >= 0.3 is 6.61 Å². The van der Waals surface area contributed by atoms with E-state index in [0.717, 1.165) is 11.4 Å². The van der Waals surface area contributed by atoms with Gasteiger partial charge in [-0.25, -0.2) is 0 Å². The predicted molar refractivity (Wildman–Crippen MR) is 72.6 cm³/mol. The molecule has 0 atom stereocenters. The standard InChI is InChI=1S/C15H16F2N2O/c1-11-5-4-7-13(19-11)10-18-9-12-6-2-3-8-14(12)20-15(16)17/h2-8,15,18H,9-10H2,1H3. The first-order valence-electron chi connectivity index (χ1n) is 6.31. The number of aryl methyl sites for hydroxylation is 1. The Morgan fingerprint density at radius 2 is 1.90 bits per heavy atom. The van der Waals surface area contributed by atoms with Crippen LogP contribution in [0.5, 0.6) is 5.75 Å². The smallest absolute Gasteiger partial charge is 0.387 e. The number of hydrogen-bond donors (Lipinski definition) is 1. The van der Waals surface area contributed by atoms with Gasteiger partial charge in [0.15, 0.2) is 0 Å². The molecule has 0 unspecified atom stereocenters. The van der Waals surface area contributed by atoms with Crippen molar-refractivity contribution in [3.8, 4) is 5.75 Å². The summed E-state index contributed by atoms with van der Waals surface area (Å²) in [4.78, 5) is 4.36. The first kappa shape index (κ1) is 14.4. The van der Waals surface area contributed by atoms with Crippen LogP contribution in [0.1, 0.15) is 17.0 Å². The summed E-state index contributed by atoms with van der Waals surface area (Å²) in [6, 6.07) is 12.5. The van der Waals surface area contributed by atoms with E-state index in [4.69, 9.17) is 0 Å². The second kappa shape index (κ2) is 6.96. The van der Waals surface area contributed by atoms with Crippen molar-refractivity contribution >= 4 is 0 Å². The SMILES string of the molecule is Cc1cccc(CNCc2ccccc2OC(F)F)n1. The van der Waals surface area contributed by atoms with Gasteiger partial charge in [-0.15, -0.1) is 0 Å². The van der Waals surface area contributed by atoms with E-state index >= 15 is 0 Å². The Kier molecular flexibility index (Phi) is 5.01. The summed E-state index contributed by atoms with van der Waals surface area (Å²) in [6.45, 7) is 0.132. The predicted octanol–water partition coefficient (Wildman–Crippen LogP) is 3.28. The average molecular weight is 278 g/mol. The number of nitrogens with zero attached hydrogens (tertiary/aromatic N) is 1. The zero-order valence-electron chi connectivity index (χ0n) is 11.1. The first-order chi connectivity index (χ1) is 9.65. The van der Waals surface area contributed by atoms with Crippen molar-refractivity contribution < 1.29 is 13.5 Å². The molecule has 5 heteroatoms. The molecule has 0 aliphatic carbocycles. The van der Waals surface area contributed by atoms with Crippen molar-refractivity contribution in [1.82, 2.24) is 10.3 Å². The lowest BCUT2D eigenvalue weighted by Gasteiger charge is -2.11. The van der Waals surface area contributed by atoms with Crippen LogP contribution in [0.25, 0.3) is 0 Å². The Morgan fingerprint density at radius 1 is 1.10 bits per heavy atom. The number of nitrogens with one attached hydrogen (secondary N) is 1. The second-order valence-electron chi connectivity index (χ2n) is 4.36. The van der Waals surface area contributed by atoms with Gasteiger partial charge in [0.25, 0.3) is 0 Å². The third-order valence-electron chi connectivity index (χ3n) is 2.76. The molecule has 0 aliphatic heterocycles. The van der Waals surface area contributed by atoms with E-state index in [1.807, 2.05) is 25.1 Å². The molecule has 0 amide bonds. The van der Waals surface area contributed by atoms with Crippen LogP contribution in [0.2, 0.25) is 0 Å². The van der Waals surface area contributed by atoms with Gasteiger partial charge in [0.2, 0.25) is 0 Å². The Hall–Kier alpha value is -2.01. The van der Waals surface area contributed by atoms with Crippen LogP contribution in [-0.2, 0) is 13.1 Å². The van der Waals surface area contributed by atoms with Gasteiger partial charge in [-0.1, -0.05) is 24.3 Å². The summed E-state index contributed by atoms with van der Waals surface area (Å²) >= 11 is 0. The highest BCUT2D eigenvalue weighted by atomic mass is 19.3. The number of aromatic nitrogens is 1. The Morgan fingerprint density at radius 3 is 2.65 bits per heavy atom. The van der Waals surface area contributed by atoms with Crippen LogP contribution in [-0.4, -0.2) is 11.6 Å². The summed E-state index contributed by atoms with van der Waals surface area (Å²) in [7, 11) is 0. The molecule has 20 heavy (non-hydrogen) atoms. The quantitative estimate of drug-likeness (QED) is 0.880. The van der Waals surface area contributed by atoms with Crippen molar-refractivity contribution in [3.05, 3.63) is 59.4 Å². The molecule has 1 heterocycles. The number of ether oxygens (including phenoxy) is 1. The van der Waals surface area contributed by atoms with E-state index in [1.165, 1.54) is 6.07 Å². The molecule has 1 aromatic carbocycles. The molecule has 0 radical (unpaired) electrons. The monoisotopic (exact) mass is 278 g/mol. The summed E-state index contributed by atoms with van der Waals surface area (Å²) in [5.41, 5.74) is 2.56. The molecule has 0 fully saturated rings. The Balaban J connectivity index is 1.94. The Labute approximate surface area is 116 Å². The number of pyridine rings is 1. The van der Waals surface area contributed by atoms with Gasteiger partial charge in [0, 0.05) is 24.3 Å². The zero-order chi connectivity index (χ0) is 14.4. The van der Waals surface area contributed by atoms with Gasteiger partial charge in [0.1, 0.15) is 5.75 Å². The molecule has 0 saturated carbocycles. The maximum absolute atomic E-state index is 12.3. The van der Waals surface area contributed by atoms with Crippen molar-refractivity contribution in [1.29, 1.82) is 0 Å². The van der Waals surface area contributed by atoms with E-state index in [2.05, 4.69) is 15.0 Å². The second-order valence-corrected chi connectivity index (χ2v) is 4.36. The third-order valence-corrected chi connectivity index (χ3v) is 2.76. The summed E-state index contributed by atoms with van der Waals surface area (Å²) in [6.07, 6.45) is 0. The fraction of sp³-hybridized carbons (Fsp3) is 0.267. The summed E-state index contributed by atoms with van der Waals surface area (Å²) < 4.78 is 29.0. The molecule has 0 saturated heterocycles. The largest absolute Gasteiger partial charge is 0.434 e. The van der Waals surface area contributed by atoms with Crippen LogP contribution < -0.4 is 10.1 Å². The zero-order valence-corrected chi connectivity index (χ0v) is 11.1. The molecule has 2 aromatic rings. The molecular weight excluding hydrogens is 262 g/mol. The van der Waals surface area contributed by atoms with Crippen LogP contribution in [0.3, 0.4) is 0 Å². The summed E-state index contributed by atoms with van der Waals surface area (Å²) in [5.74, 6) is 0.201. The topological polar surface area (TPSA) is 34.1 Å². The van der Waals surface area contributed by atoms with Gasteiger partial charge < -0.3 is 10.1 Å². The molecule has 3 nitrogen and oxygen atoms in total. The average Bonchev–Trinajstić information content (AvgIpc) is 2.40. The first-order valence-corrected chi connectivity index (χ1v) is 6.31. The van der Waals surface area contributed by atoms with Crippen LogP contribution in [0.15, 0.2) is 42.5 Å². The van der Waals surface area contributed by atoms with Crippen molar-refractivity contribution in [2.75, 3.05) is 0 Å². The minimum atomic E-state index is -2.81. The lowest BCUT2D eigenvalue weighted by atomic mass is 10.2. The van der Waals surface area contributed by atoms with E-state index < -0.39 is 6.61 Å². The molecular formula is C15H16F2N2O. The van der Waals surface area contributed by atoms with Crippen LogP contribution >= 0.6 is 0 Å². The molecule has 0 aliphatic rings. The highest BCUT2D eigenvalue weighted by molar-refractivity contribution is 5.33. The fourth-order valence-electron chi connectivity index (χ4n) is 1.88. The molecule has 2 rings (SSSR count). The van der Waals surface area contributed by atoms with Gasteiger partial charge in [-0.3, -0.25) is 4.98 Å². The van der Waals surface area contributed by atoms with Crippen molar-refractivity contribution in [2.24, 2.45) is 0 Å².